The number of carbonyl (C=O) groups is 1. The zero-order valence-corrected chi connectivity index (χ0v) is 11.5. The molecule has 4 heteroatoms. The van der Waals surface area contributed by atoms with Crippen LogP contribution in [0.3, 0.4) is 0 Å². The first-order valence-corrected chi connectivity index (χ1v) is 6.75. The van der Waals surface area contributed by atoms with Gasteiger partial charge in [-0.3, -0.25) is 9.69 Å². The van der Waals surface area contributed by atoms with E-state index >= 15 is 0 Å². The van der Waals surface area contributed by atoms with Gasteiger partial charge in [0.1, 0.15) is 0 Å². The van der Waals surface area contributed by atoms with E-state index in [-0.39, 0.29) is 5.91 Å². The Balaban J connectivity index is 1.92. The van der Waals surface area contributed by atoms with Crippen LogP contribution < -0.4 is 0 Å². The lowest BCUT2D eigenvalue weighted by Gasteiger charge is -2.21. The first-order chi connectivity index (χ1) is 8.65. The minimum absolute atomic E-state index is 0.180. The SMILES string of the molecule is CC(=O)N1CCCN(Cc2cccc(Cl)c2)CC1. The van der Waals surface area contributed by atoms with Crippen LogP contribution >= 0.6 is 11.6 Å². The summed E-state index contributed by atoms with van der Waals surface area (Å²) in [7, 11) is 0. The minimum Gasteiger partial charge on any atom is -0.342 e. The summed E-state index contributed by atoms with van der Waals surface area (Å²) in [6.07, 6.45) is 1.04. The highest BCUT2D eigenvalue weighted by Gasteiger charge is 2.16. The maximum Gasteiger partial charge on any atom is 0.219 e. The van der Waals surface area contributed by atoms with Gasteiger partial charge in [0.05, 0.1) is 0 Å². The van der Waals surface area contributed by atoms with Gasteiger partial charge in [0.2, 0.25) is 5.91 Å². The second-order valence-corrected chi connectivity index (χ2v) is 5.20. The predicted octanol–water partition coefficient (Wildman–Crippen LogP) is 2.39. The minimum atomic E-state index is 0.180. The number of benzene rings is 1. The summed E-state index contributed by atoms with van der Waals surface area (Å²) >= 11 is 5.99. The monoisotopic (exact) mass is 266 g/mol. The average Bonchev–Trinajstić information content (AvgIpc) is 2.55. The van der Waals surface area contributed by atoms with Gasteiger partial charge in [-0.15, -0.1) is 0 Å². The molecule has 0 unspecified atom stereocenters. The number of nitrogens with zero attached hydrogens (tertiary/aromatic N) is 2. The van der Waals surface area contributed by atoms with Gasteiger partial charge in [-0.05, 0) is 24.1 Å². The summed E-state index contributed by atoms with van der Waals surface area (Å²) in [5.74, 6) is 0.180. The molecule has 1 heterocycles. The van der Waals surface area contributed by atoms with Gasteiger partial charge in [0.25, 0.3) is 0 Å². The van der Waals surface area contributed by atoms with Crippen molar-refractivity contribution >= 4 is 17.5 Å². The molecule has 1 aliphatic heterocycles. The molecule has 0 atom stereocenters. The molecule has 1 aromatic carbocycles. The molecule has 1 fully saturated rings. The Bertz CT molecular complexity index is 422. The standard InChI is InChI=1S/C14H19ClN2O/c1-12(18)17-7-3-6-16(8-9-17)11-13-4-2-5-14(15)10-13/h2,4-5,10H,3,6-9,11H2,1H3. The third-order valence-corrected chi connectivity index (χ3v) is 3.56. The van der Waals surface area contributed by atoms with Crippen LogP contribution in [0.1, 0.15) is 18.9 Å². The lowest BCUT2D eigenvalue weighted by Crippen LogP contribution is -2.33. The molecule has 1 saturated heterocycles. The van der Waals surface area contributed by atoms with Crippen molar-refractivity contribution in [3.63, 3.8) is 0 Å². The van der Waals surface area contributed by atoms with E-state index in [2.05, 4.69) is 11.0 Å². The van der Waals surface area contributed by atoms with Gasteiger partial charge < -0.3 is 4.90 Å². The molecule has 98 valence electrons. The molecule has 2 rings (SSSR count). The zero-order chi connectivity index (χ0) is 13.0. The number of amides is 1. The quantitative estimate of drug-likeness (QED) is 0.821. The third kappa shape index (κ3) is 3.72. The molecule has 0 saturated carbocycles. The molecule has 3 nitrogen and oxygen atoms in total. The Morgan fingerprint density at radius 3 is 2.83 bits per heavy atom. The van der Waals surface area contributed by atoms with E-state index in [9.17, 15) is 4.79 Å². The topological polar surface area (TPSA) is 23.6 Å². The third-order valence-electron chi connectivity index (χ3n) is 3.33. The second-order valence-electron chi connectivity index (χ2n) is 4.77. The van der Waals surface area contributed by atoms with Crippen LogP contribution in [-0.4, -0.2) is 41.9 Å². The molecule has 18 heavy (non-hydrogen) atoms. The van der Waals surface area contributed by atoms with Gasteiger partial charge >= 0.3 is 0 Å². The Labute approximate surface area is 113 Å². The van der Waals surface area contributed by atoms with E-state index in [1.165, 1.54) is 5.56 Å². The lowest BCUT2D eigenvalue weighted by atomic mass is 10.2. The van der Waals surface area contributed by atoms with Crippen molar-refractivity contribution in [1.29, 1.82) is 0 Å². The number of rotatable bonds is 2. The van der Waals surface area contributed by atoms with E-state index in [1.54, 1.807) is 6.92 Å². The second kappa shape index (κ2) is 6.21. The summed E-state index contributed by atoms with van der Waals surface area (Å²) in [5, 5.41) is 0.785. The highest BCUT2D eigenvalue weighted by Crippen LogP contribution is 2.14. The van der Waals surface area contributed by atoms with E-state index in [0.29, 0.717) is 0 Å². The number of carbonyl (C=O) groups excluding carboxylic acids is 1. The molecule has 1 amide bonds. The van der Waals surface area contributed by atoms with Gasteiger partial charge in [0.15, 0.2) is 0 Å². The van der Waals surface area contributed by atoms with Gasteiger partial charge in [-0.25, -0.2) is 0 Å². The Morgan fingerprint density at radius 2 is 2.11 bits per heavy atom. The van der Waals surface area contributed by atoms with Gasteiger partial charge in [-0.1, -0.05) is 23.7 Å². The van der Waals surface area contributed by atoms with Gasteiger partial charge in [-0.2, -0.15) is 0 Å². The van der Waals surface area contributed by atoms with Crippen LogP contribution in [0.5, 0.6) is 0 Å². The first kappa shape index (κ1) is 13.4. The van der Waals surface area contributed by atoms with Crippen molar-refractivity contribution in [2.45, 2.75) is 19.9 Å². The normalized spacial score (nSPS) is 17.6. The Morgan fingerprint density at radius 1 is 1.28 bits per heavy atom. The molecule has 0 aliphatic carbocycles. The van der Waals surface area contributed by atoms with Crippen molar-refractivity contribution in [2.75, 3.05) is 26.2 Å². The number of halogens is 1. The van der Waals surface area contributed by atoms with Crippen LogP contribution in [0.4, 0.5) is 0 Å². The molecule has 1 aromatic rings. The summed E-state index contributed by atoms with van der Waals surface area (Å²) in [6, 6.07) is 7.98. The smallest absolute Gasteiger partial charge is 0.219 e. The van der Waals surface area contributed by atoms with Crippen LogP contribution in [0.15, 0.2) is 24.3 Å². The van der Waals surface area contributed by atoms with Crippen LogP contribution in [0.2, 0.25) is 5.02 Å². The van der Waals surface area contributed by atoms with E-state index in [4.69, 9.17) is 11.6 Å². The Hall–Kier alpha value is -1.06. The van der Waals surface area contributed by atoms with E-state index in [0.717, 1.165) is 44.2 Å². The van der Waals surface area contributed by atoms with Crippen molar-refractivity contribution in [2.24, 2.45) is 0 Å². The first-order valence-electron chi connectivity index (χ1n) is 6.37. The molecule has 0 spiro atoms. The average molecular weight is 267 g/mol. The fraction of sp³-hybridized carbons (Fsp3) is 0.500. The van der Waals surface area contributed by atoms with E-state index < -0.39 is 0 Å². The maximum absolute atomic E-state index is 11.4. The zero-order valence-electron chi connectivity index (χ0n) is 10.7. The fourth-order valence-electron chi connectivity index (χ4n) is 2.34. The fourth-order valence-corrected chi connectivity index (χ4v) is 2.55. The molecule has 0 bridgehead atoms. The number of hydrogen-bond acceptors (Lipinski definition) is 2. The summed E-state index contributed by atoms with van der Waals surface area (Å²) < 4.78 is 0. The molecular formula is C14H19ClN2O. The Kier molecular flexibility index (Phi) is 4.61. The van der Waals surface area contributed by atoms with Crippen LogP contribution in [0.25, 0.3) is 0 Å². The number of hydrogen-bond donors (Lipinski definition) is 0. The van der Waals surface area contributed by atoms with Crippen LogP contribution in [0, 0.1) is 0 Å². The van der Waals surface area contributed by atoms with Crippen molar-refractivity contribution in [3.8, 4) is 0 Å². The highest BCUT2D eigenvalue weighted by atomic mass is 35.5. The predicted molar refractivity (Wildman–Crippen MR) is 73.6 cm³/mol. The van der Waals surface area contributed by atoms with Crippen molar-refractivity contribution in [3.05, 3.63) is 34.9 Å². The van der Waals surface area contributed by atoms with E-state index in [1.807, 2.05) is 23.1 Å². The van der Waals surface area contributed by atoms with Gasteiger partial charge in [0, 0.05) is 44.7 Å². The van der Waals surface area contributed by atoms with Crippen molar-refractivity contribution < 1.29 is 4.79 Å². The summed E-state index contributed by atoms with van der Waals surface area (Å²) in [6.45, 7) is 6.23. The lowest BCUT2D eigenvalue weighted by molar-refractivity contribution is -0.128. The maximum atomic E-state index is 11.4. The van der Waals surface area contributed by atoms with Crippen molar-refractivity contribution in [1.82, 2.24) is 9.80 Å². The van der Waals surface area contributed by atoms with Crippen LogP contribution in [-0.2, 0) is 11.3 Å². The molecular weight excluding hydrogens is 248 g/mol. The molecule has 0 aromatic heterocycles. The molecule has 0 N–H and O–H groups in total. The summed E-state index contributed by atoms with van der Waals surface area (Å²) in [5.41, 5.74) is 1.23. The largest absolute Gasteiger partial charge is 0.342 e. The molecule has 1 aliphatic rings. The highest BCUT2D eigenvalue weighted by molar-refractivity contribution is 6.30. The summed E-state index contributed by atoms with van der Waals surface area (Å²) in [4.78, 5) is 15.7. The molecule has 0 radical (unpaired) electrons.